The summed E-state index contributed by atoms with van der Waals surface area (Å²) in [6.45, 7) is 6.26. The predicted molar refractivity (Wildman–Crippen MR) is 99.4 cm³/mol. The van der Waals surface area contributed by atoms with Crippen LogP contribution >= 0.6 is 0 Å². The van der Waals surface area contributed by atoms with Gasteiger partial charge in [-0.15, -0.1) is 6.58 Å². The summed E-state index contributed by atoms with van der Waals surface area (Å²) in [6, 6.07) is 8.06. The van der Waals surface area contributed by atoms with Crippen LogP contribution in [0.4, 0.5) is 0 Å². The number of rotatable bonds is 4. The van der Waals surface area contributed by atoms with Crippen LogP contribution in [0.1, 0.15) is 24.5 Å². The summed E-state index contributed by atoms with van der Waals surface area (Å²) in [5.41, 5.74) is 1.87. The fourth-order valence-electron chi connectivity index (χ4n) is 5.03. The number of piperidine rings is 3. The van der Waals surface area contributed by atoms with Gasteiger partial charge in [0.25, 0.3) is 0 Å². The van der Waals surface area contributed by atoms with Gasteiger partial charge in [-0.3, -0.25) is 4.98 Å². The summed E-state index contributed by atoms with van der Waals surface area (Å²) < 4.78 is 6.31. The summed E-state index contributed by atoms with van der Waals surface area (Å²) in [5, 5.41) is 12.3. The molecule has 4 nitrogen and oxygen atoms in total. The Hall–Kier alpha value is -1.91. The van der Waals surface area contributed by atoms with Gasteiger partial charge in [-0.2, -0.15) is 0 Å². The molecule has 3 aliphatic rings. The van der Waals surface area contributed by atoms with Crippen molar-refractivity contribution < 1.29 is 14.3 Å². The van der Waals surface area contributed by atoms with Crippen molar-refractivity contribution in [3.63, 3.8) is 0 Å². The van der Waals surface area contributed by atoms with Crippen molar-refractivity contribution in [3.05, 3.63) is 48.7 Å². The summed E-state index contributed by atoms with van der Waals surface area (Å²) in [5.74, 6) is 2.03. The van der Waals surface area contributed by atoms with Gasteiger partial charge < -0.3 is 14.3 Å². The molecule has 0 amide bonds. The van der Waals surface area contributed by atoms with Crippen LogP contribution in [0.3, 0.4) is 0 Å². The first-order valence-corrected chi connectivity index (χ1v) is 9.13. The molecule has 0 aliphatic carbocycles. The Morgan fingerprint density at radius 2 is 2.24 bits per heavy atom. The van der Waals surface area contributed by atoms with E-state index in [1.165, 1.54) is 6.42 Å². The topological polar surface area (TPSA) is 42.4 Å². The number of aliphatic hydroxyl groups is 1. The highest BCUT2D eigenvalue weighted by Gasteiger charge is 2.51. The third kappa shape index (κ3) is 2.64. The molecule has 5 rings (SSSR count). The molecular weight excluding hydrogens is 312 g/mol. The zero-order chi connectivity index (χ0) is 17.6. The first-order chi connectivity index (χ1) is 12.1. The van der Waals surface area contributed by atoms with Gasteiger partial charge in [-0.05, 0) is 35.7 Å². The van der Waals surface area contributed by atoms with E-state index < -0.39 is 6.10 Å². The zero-order valence-corrected chi connectivity index (χ0v) is 15.1. The minimum Gasteiger partial charge on any atom is -0.497 e. The van der Waals surface area contributed by atoms with Crippen LogP contribution in [0.15, 0.2) is 43.1 Å². The molecule has 4 heteroatoms. The van der Waals surface area contributed by atoms with Gasteiger partial charge in [0.15, 0.2) is 0 Å². The van der Waals surface area contributed by atoms with Gasteiger partial charge >= 0.3 is 0 Å². The maximum atomic E-state index is 11.3. The maximum absolute atomic E-state index is 11.3. The van der Waals surface area contributed by atoms with Crippen LogP contribution in [0.25, 0.3) is 10.9 Å². The number of likely N-dealkylation sites (N-methyl/N-ethyl adjacent to an activating group) is 1. The van der Waals surface area contributed by atoms with E-state index in [-0.39, 0.29) is 6.04 Å². The standard InChI is InChI=1S/C21H27N2O2/c1-4-14-13-23(2)10-8-15(14)11-20(23)21(24)17-7-9-22-19-6-5-16(25-3)12-18(17)19/h4-7,9,12,14-15,20-21,24H,1,8,10-11,13H2,2-3H3/q+1/t14-,15-,20-,21+,23-/m0/s1. The van der Waals surface area contributed by atoms with Crippen molar-refractivity contribution in [2.45, 2.75) is 25.0 Å². The Morgan fingerprint density at radius 1 is 1.40 bits per heavy atom. The molecule has 25 heavy (non-hydrogen) atoms. The Balaban J connectivity index is 1.73. The molecule has 0 radical (unpaired) electrons. The Labute approximate surface area is 149 Å². The molecule has 1 N–H and O–H groups in total. The number of fused-ring (bicyclic) bond motifs is 4. The molecule has 5 atom stereocenters. The van der Waals surface area contributed by atoms with E-state index in [0.29, 0.717) is 11.8 Å². The number of hydrogen-bond donors (Lipinski definition) is 1. The Morgan fingerprint density at radius 3 is 2.96 bits per heavy atom. The molecule has 3 saturated heterocycles. The quantitative estimate of drug-likeness (QED) is 0.686. The van der Waals surface area contributed by atoms with Gasteiger partial charge in [0, 0.05) is 30.3 Å². The second kappa shape index (κ2) is 6.11. The number of nitrogens with zero attached hydrogens (tertiary/aromatic N) is 2. The third-order valence-electron chi connectivity index (χ3n) is 6.56. The van der Waals surface area contributed by atoms with Crippen LogP contribution in [0.2, 0.25) is 0 Å². The van der Waals surface area contributed by atoms with Crippen LogP contribution in [0, 0.1) is 11.8 Å². The molecule has 3 fully saturated rings. The van der Waals surface area contributed by atoms with E-state index in [9.17, 15) is 5.11 Å². The molecule has 1 aromatic carbocycles. The lowest BCUT2D eigenvalue weighted by atomic mass is 9.72. The van der Waals surface area contributed by atoms with Gasteiger partial charge in [0.1, 0.15) is 17.9 Å². The molecular formula is C21H27N2O2+. The van der Waals surface area contributed by atoms with Crippen LogP contribution in [0.5, 0.6) is 5.75 Å². The van der Waals surface area contributed by atoms with E-state index in [1.807, 2.05) is 24.3 Å². The number of aromatic nitrogens is 1. The predicted octanol–water partition coefficient (Wildman–Crippen LogP) is 3.32. The van der Waals surface area contributed by atoms with Crippen LogP contribution in [-0.2, 0) is 0 Å². The van der Waals surface area contributed by atoms with E-state index in [2.05, 4.69) is 24.7 Å². The first-order valence-electron chi connectivity index (χ1n) is 9.13. The second-order valence-corrected chi connectivity index (χ2v) is 7.87. The fraction of sp³-hybridized carbons (Fsp3) is 0.476. The largest absolute Gasteiger partial charge is 0.497 e. The van der Waals surface area contributed by atoms with Crippen LogP contribution in [-0.4, -0.2) is 47.9 Å². The molecule has 3 aliphatic heterocycles. The lowest BCUT2D eigenvalue weighted by Gasteiger charge is -2.56. The number of aliphatic hydroxyl groups excluding tert-OH is 1. The molecule has 0 saturated carbocycles. The zero-order valence-electron chi connectivity index (χ0n) is 15.1. The summed E-state index contributed by atoms with van der Waals surface area (Å²) in [7, 11) is 3.96. The number of ether oxygens (including phenoxy) is 1. The number of benzene rings is 1. The van der Waals surface area contributed by atoms with Gasteiger partial charge in [0.05, 0.1) is 32.8 Å². The molecule has 132 valence electrons. The van der Waals surface area contributed by atoms with Gasteiger partial charge in [0.2, 0.25) is 0 Å². The molecule has 2 bridgehead atoms. The van der Waals surface area contributed by atoms with Crippen molar-refractivity contribution in [1.82, 2.24) is 4.98 Å². The summed E-state index contributed by atoms with van der Waals surface area (Å²) in [4.78, 5) is 4.45. The smallest absolute Gasteiger partial charge is 0.131 e. The summed E-state index contributed by atoms with van der Waals surface area (Å²) in [6.07, 6.45) is 5.73. The minimum absolute atomic E-state index is 0.228. The SMILES string of the molecule is C=C[C@H]1C[N@+]2(C)CC[C@H]1C[C@H]2[C@H](O)c1ccnc2ccc(OC)cc12. The second-order valence-electron chi connectivity index (χ2n) is 7.87. The Kier molecular flexibility index (Phi) is 4.05. The molecule has 2 aromatic rings. The molecule has 1 aromatic heterocycles. The lowest BCUT2D eigenvalue weighted by Crippen LogP contribution is -2.66. The first kappa shape index (κ1) is 16.6. The van der Waals surface area contributed by atoms with Crippen molar-refractivity contribution >= 4 is 10.9 Å². The highest BCUT2D eigenvalue weighted by molar-refractivity contribution is 5.83. The van der Waals surface area contributed by atoms with Crippen molar-refractivity contribution in [1.29, 1.82) is 0 Å². The van der Waals surface area contributed by atoms with E-state index in [4.69, 9.17) is 4.74 Å². The molecule has 0 unspecified atom stereocenters. The highest BCUT2D eigenvalue weighted by atomic mass is 16.5. The fourth-order valence-corrected chi connectivity index (χ4v) is 5.03. The van der Waals surface area contributed by atoms with E-state index >= 15 is 0 Å². The normalized spacial score (nSPS) is 32.5. The third-order valence-corrected chi connectivity index (χ3v) is 6.56. The molecule has 0 spiro atoms. The average molecular weight is 339 g/mol. The monoisotopic (exact) mass is 339 g/mol. The average Bonchev–Trinajstić information content (AvgIpc) is 2.66. The highest BCUT2D eigenvalue weighted by Crippen LogP contribution is 2.45. The van der Waals surface area contributed by atoms with E-state index in [0.717, 1.165) is 46.2 Å². The minimum atomic E-state index is -0.490. The van der Waals surface area contributed by atoms with Crippen molar-refractivity contribution in [2.24, 2.45) is 11.8 Å². The van der Waals surface area contributed by atoms with Gasteiger partial charge in [-0.1, -0.05) is 6.08 Å². The van der Waals surface area contributed by atoms with Crippen molar-refractivity contribution in [2.75, 3.05) is 27.2 Å². The van der Waals surface area contributed by atoms with E-state index in [1.54, 1.807) is 13.3 Å². The maximum Gasteiger partial charge on any atom is 0.131 e. The van der Waals surface area contributed by atoms with Crippen LogP contribution < -0.4 is 4.74 Å². The van der Waals surface area contributed by atoms with Gasteiger partial charge in [-0.25, -0.2) is 0 Å². The number of hydrogen-bond acceptors (Lipinski definition) is 3. The van der Waals surface area contributed by atoms with Crippen molar-refractivity contribution in [3.8, 4) is 5.75 Å². The number of methoxy groups -OCH3 is 1. The number of quaternary nitrogens is 1. The number of pyridine rings is 1. The lowest BCUT2D eigenvalue weighted by molar-refractivity contribution is -0.956. The summed E-state index contributed by atoms with van der Waals surface area (Å²) >= 11 is 0. The molecule has 4 heterocycles. The Bertz CT molecular complexity index is 806.